The second-order valence-electron chi connectivity index (χ2n) is 5.11. The zero-order valence-electron chi connectivity index (χ0n) is 10.6. The summed E-state index contributed by atoms with van der Waals surface area (Å²) < 4.78 is 2.85. The first-order valence-corrected chi connectivity index (χ1v) is 7.00. The summed E-state index contributed by atoms with van der Waals surface area (Å²) >= 11 is 3.52. The smallest absolute Gasteiger partial charge is 0.113 e. The molecule has 1 aromatic heterocycles. The molecular formula is C14H13BrN4. The van der Waals surface area contributed by atoms with Crippen LogP contribution < -0.4 is 0 Å². The molecule has 1 fully saturated rings. The van der Waals surface area contributed by atoms with E-state index < -0.39 is 0 Å². The van der Waals surface area contributed by atoms with Gasteiger partial charge in [0.15, 0.2) is 0 Å². The summed E-state index contributed by atoms with van der Waals surface area (Å²) in [5.74, 6) is 0. The van der Waals surface area contributed by atoms with Gasteiger partial charge in [-0.15, -0.1) is 5.10 Å². The van der Waals surface area contributed by atoms with Gasteiger partial charge in [-0.1, -0.05) is 33.3 Å². The van der Waals surface area contributed by atoms with Crippen LogP contribution in [-0.2, 0) is 6.54 Å². The van der Waals surface area contributed by atoms with Crippen molar-refractivity contribution in [3.05, 3.63) is 34.4 Å². The largest absolute Gasteiger partial charge is 0.250 e. The van der Waals surface area contributed by atoms with Crippen molar-refractivity contribution >= 4 is 15.9 Å². The Labute approximate surface area is 120 Å². The summed E-state index contributed by atoms with van der Waals surface area (Å²) in [6, 6.07) is 8.41. The Balaban J connectivity index is 1.89. The summed E-state index contributed by atoms with van der Waals surface area (Å²) in [7, 11) is 0. The van der Waals surface area contributed by atoms with Crippen molar-refractivity contribution in [3.63, 3.8) is 0 Å². The molecule has 0 amide bonds. The predicted octanol–water partition coefficient (Wildman–Crippen LogP) is 3.32. The van der Waals surface area contributed by atoms with Crippen LogP contribution in [0.1, 0.15) is 18.4 Å². The van der Waals surface area contributed by atoms with Gasteiger partial charge >= 0.3 is 0 Å². The SMILES string of the molecule is Cc1c(Br)cccc1-c1cn(CC2(C#N)CC2)nn1. The molecule has 4 nitrogen and oxygen atoms in total. The Hall–Kier alpha value is -1.67. The molecule has 0 bridgehead atoms. The molecule has 0 aliphatic heterocycles. The first-order valence-electron chi connectivity index (χ1n) is 6.20. The number of nitrogens with zero attached hydrogens (tertiary/aromatic N) is 4. The van der Waals surface area contributed by atoms with Crippen LogP contribution in [0.3, 0.4) is 0 Å². The number of nitriles is 1. The van der Waals surface area contributed by atoms with Crippen LogP contribution in [0.15, 0.2) is 28.9 Å². The second-order valence-corrected chi connectivity index (χ2v) is 5.96. The molecule has 0 unspecified atom stereocenters. The lowest BCUT2D eigenvalue weighted by Gasteiger charge is -2.04. The van der Waals surface area contributed by atoms with Crippen molar-refractivity contribution in [1.82, 2.24) is 15.0 Å². The normalized spacial score (nSPS) is 16.1. The number of rotatable bonds is 3. The van der Waals surface area contributed by atoms with Crippen LogP contribution in [0.2, 0.25) is 0 Å². The van der Waals surface area contributed by atoms with E-state index in [1.54, 1.807) is 4.68 Å². The molecule has 0 spiro atoms. The van der Waals surface area contributed by atoms with Gasteiger partial charge in [-0.3, -0.25) is 4.68 Å². The molecule has 1 saturated carbocycles. The van der Waals surface area contributed by atoms with Gasteiger partial charge in [0.05, 0.1) is 24.2 Å². The van der Waals surface area contributed by atoms with E-state index in [0.29, 0.717) is 6.54 Å². The van der Waals surface area contributed by atoms with E-state index in [2.05, 4.69) is 39.2 Å². The van der Waals surface area contributed by atoms with Gasteiger partial charge < -0.3 is 0 Å². The molecule has 2 aromatic rings. The quantitative estimate of drug-likeness (QED) is 0.872. The molecule has 1 aliphatic carbocycles. The molecule has 1 aromatic carbocycles. The molecule has 0 saturated heterocycles. The van der Waals surface area contributed by atoms with Crippen LogP contribution in [-0.4, -0.2) is 15.0 Å². The van der Waals surface area contributed by atoms with E-state index in [9.17, 15) is 0 Å². The Bertz CT molecular complexity index is 664. The number of hydrogen-bond donors (Lipinski definition) is 0. The number of hydrogen-bond acceptors (Lipinski definition) is 3. The Morgan fingerprint density at radius 3 is 2.95 bits per heavy atom. The van der Waals surface area contributed by atoms with Crippen molar-refractivity contribution in [3.8, 4) is 17.3 Å². The summed E-state index contributed by atoms with van der Waals surface area (Å²) in [6.45, 7) is 2.69. The molecule has 96 valence electrons. The first-order chi connectivity index (χ1) is 9.13. The van der Waals surface area contributed by atoms with Gasteiger partial charge in [-0.05, 0) is 31.4 Å². The van der Waals surface area contributed by atoms with Crippen LogP contribution in [0.25, 0.3) is 11.3 Å². The van der Waals surface area contributed by atoms with Crippen molar-refractivity contribution in [2.75, 3.05) is 0 Å². The fraction of sp³-hybridized carbons (Fsp3) is 0.357. The average Bonchev–Trinajstić information content (AvgIpc) is 3.03. The van der Waals surface area contributed by atoms with Gasteiger partial charge in [0.1, 0.15) is 5.69 Å². The zero-order chi connectivity index (χ0) is 13.5. The minimum atomic E-state index is -0.197. The molecule has 19 heavy (non-hydrogen) atoms. The molecular weight excluding hydrogens is 304 g/mol. The third-order valence-electron chi connectivity index (χ3n) is 3.64. The van der Waals surface area contributed by atoms with Crippen LogP contribution >= 0.6 is 15.9 Å². The maximum absolute atomic E-state index is 9.10. The summed E-state index contributed by atoms with van der Waals surface area (Å²) in [5.41, 5.74) is 2.88. The summed E-state index contributed by atoms with van der Waals surface area (Å²) in [5, 5.41) is 17.5. The van der Waals surface area contributed by atoms with Crippen LogP contribution in [0.5, 0.6) is 0 Å². The molecule has 0 radical (unpaired) electrons. The predicted molar refractivity (Wildman–Crippen MR) is 75.2 cm³/mol. The Morgan fingerprint density at radius 1 is 1.47 bits per heavy atom. The van der Waals surface area contributed by atoms with Crippen molar-refractivity contribution in [2.45, 2.75) is 26.3 Å². The lowest BCUT2D eigenvalue weighted by atomic mass is 10.1. The highest BCUT2D eigenvalue weighted by atomic mass is 79.9. The molecule has 1 aliphatic rings. The molecule has 0 atom stereocenters. The lowest BCUT2D eigenvalue weighted by molar-refractivity contribution is 0.474. The fourth-order valence-electron chi connectivity index (χ4n) is 2.15. The van der Waals surface area contributed by atoms with E-state index in [4.69, 9.17) is 5.26 Å². The minimum absolute atomic E-state index is 0.197. The third kappa shape index (κ3) is 2.28. The minimum Gasteiger partial charge on any atom is -0.250 e. The van der Waals surface area contributed by atoms with E-state index in [-0.39, 0.29) is 5.41 Å². The zero-order valence-corrected chi connectivity index (χ0v) is 12.2. The van der Waals surface area contributed by atoms with Gasteiger partial charge in [0.2, 0.25) is 0 Å². The maximum atomic E-state index is 9.10. The molecule has 5 heteroatoms. The molecule has 0 N–H and O–H groups in total. The summed E-state index contributed by atoms with van der Waals surface area (Å²) in [4.78, 5) is 0. The van der Waals surface area contributed by atoms with E-state index in [0.717, 1.165) is 34.1 Å². The van der Waals surface area contributed by atoms with Crippen molar-refractivity contribution < 1.29 is 0 Å². The first kappa shape index (κ1) is 12.4. The maximum Gasteiger partial charge on any atom is 0.113 e. The standard InChI is InChI=1S/C14H13BrN4/c1-10-11(3-2-4-12(10)15)13-7-19(18-17-13)9-14(8-16)5-6-14/h2-4,7H,5-6,9H2,1H3. The van der Waals surface area contributed by atoms with E-state index in [1.807, 2.05) is 24.4 Å². The fourth-order valence-corrected chi connectivity index (χ4v) is 2.52. The highest BCUT2D eigenvalue weighted by Crippen LogP contribution is 2.46. The van der Waals surface area contributed by atoms with Crippen LogP contribution in [0, 0.1) is 23.7 Å². The average molecular weight is 317 g/mol. The van der Waals surface area contributed by atoms with E-state index >= 15 is 0 Å². The summed E-state index contributed by atoms with van der Waals surface area (Å²) in [6.07, 6.45) is 3.86. The highest BCUT2D eigenvalue weighted by molar-refractivity contribution is 9.10. The van der Waals surface area contributed by atoms with Crippen LogP contribution in [0.4, 0.5) is 0 Å². The number of aromatic nitrogens is 3. The monoisotopic (exact) mass is 316 g/mol. The molecule has 1 heterocycles. The Morgan fingerprint density at radius 2 is 2.26 bits per heavy atom. The lowest BCUT2D eigenvalue weighted by Crippen LogP contribution is -2.10. The number of benzene rings is 1. The van der Waals surface area contributed by atoms with Crippen molar-refractivity contribution in [2.24, 2.45) is 5.41 Å². The third-order valence-corrected chi connectivity index (χ3v) is 4.50. The Kier molecular flexibility index (Phi) is 2.90. The van der Waals surface area contributed by atoms with Crippen molar-refractivity contribution in [1.29, 1.82) is 5.26 Å². The second kappa shape index (κ2) is 4.46. The van der Waals surface area contributed by atoms with Gasteiger partial charge in [0.25, 0.3) is 0 Å². The van der Waals surface area contributed by atoms with Gasteiger partial charge in [-0.25, -0.2) is 0 Å². The van der Waals surface area contributed by atoms with E-state index in [1.165, 1.54) is 0 Å². The topological polar surface area (TPSA) is 54.5 Å². The highest BCUT2D eigenvalue weighted by Gasteiger charge is 2.43. The van der Waals surface area contributed by atoms with Gasteiger partial charge in [-0.2, -0.15) is 5.26 Å². The number of halogens is 1. The molecule has 3 rings (SSSR count). The van der Waals surface area contributed by atoms with Gasteiger partial charge in [0, 0.05) is 10.0 Å².